The minimum Gasteiger partial charge on any atom is -0.309 e. The Morgan fingerprint density at radius 2 is 1.90 bits per heavy atom. The molecule has 0 aliphatic carbocycles. The van der Waals surface area contributed by atoms with Gasteiger partial charge in [0.15, 0.2) is 0 Å². The highest BCUT2D eigenvalue weighted by Gasteiger charge is 2.22. The van der Waals surface area contributed by atoms with E-state index in [0.29, 0.717) is 10.9 Å². The van der Waals surface area contributed by atoms with Crippen LogP contribution in [0, 0.1) is 11.3 Å². The molecule has 29 heavy (non-hydrogen) atoms. The van der Waals surface area contributed by atoms with E-state index in [1.165, 1.54) is 5.56 Å². The number of nitrogens with one attached hydrogen (secondary N) is 1. The van der Waals surface area contributed by atoms with Crippen molar-refractivity contribution in [3.8, 4) is 6.07 Å². The molecule has 2 aromatic carbocycles. The summed E-state index contributed by atoms with van der Waals surface area (Å²) in [5.41, 5.74) is 2.59. The van der Waals surface area contributed by atoms with Gasteiger partial charge in [-0.1, -0.05) is 24.3 Å². The lowest BCUT2D eigenvalue weighted by Gasteiger charge is -2.27. The van der Waals surface area contributed by atoms with Crippen LogP contribution >= 0.6 is 0 Å². The van der Waals surface area contributed by atoms with E-state index < -0.39 is 0 Å². The van der Waals surface area contributed by atoms with Gasteiger partial charge in [-0.2, -0.15) is 5.26 Å². The third-order valence-corrected chi connectivity index (χ3v) is 5.69. The van der Waals surface area contributed by atoms with Crippen LogP contribution in [0.25, 0.3) is 10.9 Å². The van der Waals surface area contributed by atoms with Gasteiger partial charge in [0.2, 0.25) is 0 Å². The Bertz CT molecular complexity index is 1080. The number of para-hydroxylation sites is 1. The van der Waals surface area contributed by atoms with E-state index in [1.54, 1.807) is 0 Å². The van der Waals surface area contributed by atoms with Crippen molar-refractivity contribution in [3.05, 3.63) is 75.8 Å². The molecule has 148 valence electrons. The van der Waals surface area contributed by atoms with Crippen LogP contribution in [0.3, 0.4) is 0 Å². The van der Waals surface area contributed by atoms with Gasteiger partial charge < -0.3 is 4.98 Å². The number of fused-ring (bicyclic) bond motifs is 1. The van der Waals surface area contributed by atoms with E-state index in [9.17, 15) is 4.79 Å². The number of hydrogen-bond donors (Lipinski definition) is 1. The van der Waals surface area contributed by atoms with Gasteiger partial charge in [0.25, 0.3) is 5.56 Å². The van der Waals surface area contributed by atoms with Gasteiger partial charge in [0, 0.05) is 26.2 Å². The summed E-state index contributed by atoms with van der Waals surface area (Å²) in [7, 11) is 0. The predicted molar refractivity (Wildman–Crippen MR) is 113 cm³/mol. The van der Waals surface area contributed by atoms with Gasteiger partial charge >= 0.3 is 0 Å². The molecule has 1 aromatic heterocycles. The average Bonchev–Trinajstić information content (AvgIpc) is 2.99. The van der Waals surface area contributed by atoms with Crippen molar-refractivity contribution in [1.29, 1.82) is 5.26 Å². The molecule has 1 saturated heterocycles. The van der Waals surface area contributed by atoms with Crippen LogP contribution in [0.2, 0.25) is 0 Å². The van der Waals surface area contributed by atoms with E-state index in [1.807, 2.05) is 48.5 Å². The van der Waals surface area contributed by atoms with Crippen molar-refractivity contribution >= 4 is 10.9 Å². The molecule has 1 aliphatic rings. The third-order valence-electron chi connectivity index (χ3n) is 5.69. The lowest BCUT2D eigenvalue weighted by Crippen LogP contribution is -2.33. The van der Waals surface area contributed by atoms with Gasteiger partial charge in [0.05, 0.1) is 28.6 Å². The summed E-state index contributed by atoms with van der Waals surface area (Å²) in [5, 5.41) is 9.58. The minimum absolute atomic E-state index is 0.0576. The molecule has 1 atom stereocenters. The number of H-pyrrole nitrogens is 1. The summed E-state index contributed by atoms with van der Waals surface area (Å²) in [6, 6.07) is 17.5. The van der Waals surface area contributed by atoms with Crippen molar-refractivity contribution < 1.29 is 0 Å². The maximum absolute atomic E-state index is 12.4. The van der Waals surface area contributed by atoms with E-state index in [2.05, 4.69) is 27.8 Å². The Labute approximate surface area is 170 Å². The SMILES string of the molecule is CC(c1nc2ccccc2c(=O)[nH]1)N1CCCN(Cc2ccc(C#N)cc2)CC1. The summed E-state index contributed by atoms with van der Waals surface area (Å²) in [6.45, 7) is 6.89. The average molecular weight is 387 g/mol. The number of aromatic nitrogens is 2. The zero-order valence-electron chi connectivity index (χ0n) is 16.6. The first-order chi connectivity index (χ1) is 14.1. The molecule has 0 saturated carbocycles. The second-order valence-corrected chi connectivity index (χ2v) is 7.62. The molecule has 0 radical (unpaired) electrons. The predicted octanol–water partition coefficient (Wildman–Crippen LogP) is 3.06. The maximum Gasteiger partial charge on any atom is 0.258 e. The molecule has 1 N–H and O–H groups in total. The van der Waals surface area contributed by atoms with E-state index in [4.69, 9.17) is 10.2 Å². The Balaban J connectivity index is 1.44. The summed E-state index contributed by atoms with van der Waals surface area (Å²) in [6.07, 6.45) is 1.07. The standard InChI is InChI=1S/C23H25N5O/c1-17(22-25-21-6-3-2-5-20(21)23(29)26-22)28-12-4-11-27(13-14-28)16-19-9-7-18(15-24)8-10-19/h2-3,5-10,17H,4,11-14,16H2,1H3,(H,25,26,29). The van der Waals surface area contributed by atoms with Crippen LogP contribution in [0.5, 0.6) is 0 Å². The summed E-state index contributed by atoms with van der Waals surface area (Å²) >= 11 is 0. The molecule has 6 heteroatoms. The Kier molecular flexibility index (Phi) is 5.70. The number of aromatic amines is 1. The van der Waals surface area contributed by atoms with Gasteiger partial charge in [-0.25, -0.2) is 4.98 Å². The fourth-order valence-electron chi connectivity index (χ4n) is 3.95. The minimum atomic E-state index is -0.0743. The Morgan fingerprint density at radius 1 is 1.10 bits per heavy atom. The molecular formula is C23H25N5O. The molecule has 6 nitrogen and oxygen atoms in total. The lowest BCUT2D eigenvalue weighted by molar-refractivity contribution is 0.202. The monoisotopic (exact) mass is 387 g/mol. The van der Waals surface area contributed by atoms with Crippen LogP contribution in [0.1, 0.15) is 36.3 Å². The van der Waals surface area contributed by atoms with Crippen LogP contribution in [0.4, 0.5) is 0 Å². The number of rotatable bonds is 4. The van der Waals surface area contributed by atoms with Crippen molar-refractivity contribution in [2.45, 2.75) is 25.9 Å². The second kappa shape index (κ2) is 8.56. The molecule has 0 bridgehead atoms. The molecule has 0 spiro atoms. The quantitative estimate of drug-likeness (QED) is 0.745. The fourth-order valence-corrected chi connectivity index (χ4v) is 3.95. The molecular weight excluding hydrogens is 362 g/mol. The highest BCUT2D eigenvalue weighted by Crippen LogP contribution is 2.20. The number of benzene rings is 2. The normalized spacial score (nSPS) is 17.0. The van der Waals surface area contributed by atoms with Crippen molar-refractivity contribution in [1.82, 2.24) is 19.8 Å². The van der Waals surface area contributed by atoms with Gasteiger partial charge in [-0.05, 0) is 49.7 Å². The van der Waals surface area contributed by atoms with E-state index in [-0.39, 0.29) is 11.6 Å². The maximum atomic E-state index is 12.4. The van der Waals surface area contributed by atoms with Crippen LogP contribution in [-0.4, -0.2) is 45.9 Å². The second-order valence-electron chi connectivity index (χ2n) is 7.62. The highest BCUT2D eigenvalue weighted by molar-refractivity contribution is 5.77. The number of nitriles is 1. The largest absolute Gasteiger partial charge is 0.309 e. The molecule has 3 aromatic rings. The van der Waals surface area contributed by atoms with Crippen molar-refractivity contribution in [3.63, 3.8) is 0 Å². The van der Waals surface area contributed by atoms with E-state index in [0.717, 1.165) is 50.5 Å². The first-order valence-corrected chi connectivity index (χ1v) is 10.1. The number of nitrogens with zero attached hydrogens (tertiary/aromatic N) is 4. The van der Waals surface area contributed by atoms with Crippen molar-refractivity contribution in [2.24, 2.45) is 0 Å². The van der Waals surface area contributed by atoms with Crippen LogP contribution in [0.15, 0.2) is 53.3 Å². The molecule has 4 rings (SSSR count). The zero-order chi connectivity index (χ0) is 20.2. The molecule has 1 fully saturated rings. The summed E-state index contributed by atoms with van der Waals surface area (Å²) < 4.78 is 0. The molecule has 2 heterocycles. The Morgan fingerprint density at radius 3 is 2.69 bits per heavy atom. The van der Waals surface area contributed by atoms with Gasteiger partial charge in [0.1, 0.15) is 5.82 Å². The Hall–Kier alpha value is -3.01. The van der Waals surface area contributed by atoms with Gasteiger partial charge in [-0.3, -0.25) is 14.6 Å². The molecule has 1 aliphatic heterocycles. The molecule has 1 unspecified atom stereocenters. The number of hydrogen-bond acceptors (Lipinski definition) is 5. The summed E-state index contributed by atoms with van der Waals surface area (Å²) in [4.78, 5) is 24.9. The topological polar surface area (TPSA) is 76.0 Å². The van der Waals surface area contributed by atoms with Crippen LogP contribution in [-0.2, 0) is 6.54 Å². The van der Waals surface area contributed by atoms with Gasteiger partial charge in [-0.15, -0.1) is 0 Å². The third kappa shape index (κ3) is 4.37. The summed E-state index contributed by atoms with van der Waals surface area (Å²) in [5.74, 6) is 0.731. The fraction of sp³-hybridized carbons (Fsp3) is 0.348. The first-order valence-electron chi connectivity index (χ1n) is 10.1. The van der Waals surface area contributed by atoms with Crippen molar-refractivity contribution in [2.75, 3.05) is 26.2 Å². The molecule has 0 amide bonds. The highest BCUT2D eigenvalue weighted by atomic mass is 16.1. The van der Waals surface area contributed by atoms with E-state index >= 15 is 0 Å². The lowest BCUT2D eigenvalue weighted by atomic mass is 10.1. The zero-order valence-corrected chi connectivity index (χ0v) is 16.6. The smallest absolute Gasteiger partial charge is 0.258 e. The van der Waals surface area contributed by atoms with Crippen LogP contribution < -0.4 is 5.56 Å². The first kappa shape index (κ1) is 19.3.